The van der Waals surface area contributed by atoms with Crippen LogP contribution in [0.5, 0.6) is 0 Å². The molecule has 0 unspecified atom stereocenters. The third-order valence-corrected chi connectivity index (χ3v) is 6.26. The normalized spacial score (nSPS) is 16.2. The number of aromatic nitrogens is 3. The zero-order chi connectivity index (χ0) is 21.0. The highest BCUT2D eigenvalue weighted by molar-refractivity contribution is 8.00. The molecule has 5 nitrogen and oxygen atoms in total. The number of rotatable bonds is 7. The van der Waals surface area contributed by atoms with Crippen LogP contribution >= 0.6 is 23.4 Å². The number of aryl methyl sites for hydroxylation is 1. The molecule has 0 bridgehead atoms. The summed E-state index contributed by atoms with van der Waals surface area (Å²) >= 11 is 6.75. The van der Waals surface area contributed by atoms with Crippen LogP contribution in [-0.4, -0.2) is 26.3 Å². The monoisotopic (exact) mass is 446 g/mol. The minimum Gasteiger partial charge on any atom is -0.325 e. The van der Waals surface area contributed by atoms with Crippen LogP contribution in [0.15, 0.2) is 23.4 Å². The van der Waals surface area contributed by atoms with Crippen molar-refractivity contribution in [3.05, 3.63) is 34.6 Å². The molecule has 29 heavy (non-hydrogen) atoms. The van der Waals surface area contributed by atoms with E-state index in [0.29, 0.717) is 5.16 Å². The molecule has 3 rings (SSSR count). The molecule has 10 heteroatoms. The van der Waals surface area contributed by atoms with Gasteiger partial charge in [-0.3, -0.25) is 9.89 Å². The van der Waals surface area contributed by atoms with Gasteiger partial charge in [0, 0.05) is 12.1 Å². The van der Waals surface area contributed by atoms with Crippen LogP contribution in [0.2, 0.25) is 5.02 Å². The zero-order valence-corrected chi connectivity index (χ0v) is 17.4. The smallest absolute Gasteiger partial charge is 0.325 e. The van der Waals surface area contributed by atoms with Gasteiger partial charge in [-0.1, -0.05) is 49.0 Å². The number of carbonyl (C=O) groups excluding carboxylic acids is 1. The minimum atomic E-state index is -4.59. The van der Waals surface area contributed by atoms with Crippen LogP contribution in [0, 0.1) is 5.92 Å². The van der Waals surface area contributed by atoms with Gasteiger partial charge < -0.3 is 5.32 Å². The number of nitrogens with zero attached hydrogens (tertiary/aromatic N) is 2. The van der Waals surface area contributed by atoms with Crippen LogP contribution in [0.3, 0.4) is 0 Å². The Labute approximate surface area is 176 Å². The number of thioether (sulfide) groups is 1. The van der Waals surface area contributed by atoms with Crippen LogP contribution < -0.4 is 5.32 Å². The summed E-state index contributed by atoms with van der Waals surface area (Å²) in [6.07, 6.45) is 2.45. The zero-order valence-electron chi connectivity index (χ0n) is 15.9. The molecule has 1 atom stereocenters. The first kappa shape index (κ1) is 22.0. The summed E-state index contributed by atoms with van der Waals surface area (Å²) in [6.45, 7) is 1.65. The molecule has 1 fully saturated rings. The van der Waals surface area contributed by atoms with Gasteiger partial charge in [0.1, 0.15) is 5.82 Å². The van der Waals surface area contributed by atoms with Crippen molar-refractivity contribution in [1.82, 2.24) is 15.2 Å². The number of halogens is 4. The van der Waals surface area contributed by atoms with Gasteiger partial charge in [0.05, 0.1) is 15.8 Å². The van der Waals surface area contributed by atoms with Crippen LogP contribution in [-0.2, 0) is 17.4 Å². The fourth-order valence-corrected chi connectivity index (χ4v) is 4.33. The lowest BCUT2D eigenvalue weighted by Gasteiger charge is -2.13. The number of alkyl halides is 3. The molecular weight excluding hydrogens is 425 g/mol. The van der Waals surface area contributed by atoms with Crippen molar-refractivity contribution < 1.29 is 18.0 Å². The highest BCUT2D eigenvalue weighted by Gasteiger charge is 2.33. The number of hydrogen-bond acceptors (Lipinski definition) is 4. The van der Waals surface area contributed by atoms with Gasteiger partial charge in [0.25, 0.3) is 0 Å². The van der Waals surface area contributed by atoms with E-state index in [4.69, 9.17) is 11.6 Å². The Morgan fingerprint density at radius 1 is 1.38 bits per heavy atom. The lowest BCUT2D eigenvalue weighted by Crippen LogP contribution is -2.22. The van der Waals surface area contributed by atoms with E-state index >= 15 is 0 Å². The highest BCUT2D eigenvalue weighted by Crippen LogP contribution is 2.36. The summed E-state index contributed by atoms with van der Waals surface area (Å²) in [4.78, 5) is 16.8. The Kier molecular flexibility index (Phi) is 7.10. The number of hydrogen-bond donors (Lipinski definition) is 2. The summed E-state index contributed by atoms with van der Waals surface area (Å²) in [5.74, 6) is 1.10. The summed E-state index contributed by atoms with van der Waals surface area (Å²) < 4.78 is 38.9. The average Bonchev–Trinajstić information content (AvgIpc) is 3.32. The standard InChI is InChI=1S/C19H22ClF3N4OS/c1-11(17(28)24-13-7-8-15(20)14(10-13)19(21,22)23)29-18-25-16(26-27-18)9-6-12-4-2-3-5-12/h7-8,10-12H,2-6,9H2,1H3,(H,24,28)(H,25,26,27)/t11-/m0/s1. The molecule has 1 aromatic carbocycles. The maximum absolute atomic E-state index is 13.0. The molecule has 0 spiro atoms. The predicted molar refractivity (Wildman–Crippen MR) is 107 cm³/mol. The van der Waals surface area contributed by atoms with Gasteiger partial charge >= 0.3 is 6.18 Å². The van der Waals surface area contributed by atoms with Crippen molar-refractivity contribution in [3.8, 4) is 0 Å². The van der Waals surface area contributed by atoms with Crippen LogP contribution in [0.25, 0.3) is 0 Å². The van der Waals surface area contributed by atoms with Gasteiger partial charge in [-0.25, -0.2) is 4.98 Å². The van der Waals surface area contributed by atoms with Crippen molar-refractivity contribution in [2.45, 2.75) is 62.0 Å². The van der Waals surface area contributed by atoms with Gasteiger partial charge in [0.15, 0.2) is 0 Å². The Bertz CT molecular complexity index is 852. The topological polar surface area (TPSA) is 70.7 Å². The largest absolute Gasteiger partial charge is 0.417 e. The fraction of sp³-hybridized carbons (Fsp3) is 0.526. The fourth-order valence-electron chi connectivity index (χ4n) is 3.36. The third kappa shape index (κ3) is 6.12. The number of H-pyrrole nitrogens is 1. The molecule has 1 aromatic heterocycles. The number of benzene rings is 1. The number of nitrogens with one attached hydrogen (secondary N) is 2. The number of anilines is 1. The molecule has 2 N–H and O–H groups in total. The van der Waals surface area contributed by atoms with E-state index in [1.165, 1.54) is 31.7 Å². The lowest BCUT2D eigenvalue weighted by atomic mass is 10.0. The molecule has 0 aliphatic heterocycles. The van der Waals surface area contributed by atoms with E-state index in [1.807, 2.05) is 0 Å². The van der Waals surface area contributed by atoms with E-state index in [1.54, 1.807) is 6.92 Å². The maximum atomic E-state index is 13.0. The van der Waals surface area contributed by atoms with E-state index in [0.717, 1.165) is 48.5 Å². The van der Waals surface area contributed by atoms with Gasteiger partial charge in [-0.05, 0) is 37.5 Å². The first-order chi connectivity index (χ1) is 13.7. The van der Waals surface area contributed by atoms with Crippen molar-refractivity contribution in [2.75, 3.05) is 5.32 Å². The van der Waals surface area contributed by atoms with Crippen molar-refractivity contribution in [3.63, 3.8) is 0 Å². The van der Waals surface area contributed by atoms with Crippen LogP contribution in [0.1, 0.15) is 50.4 Å². The first-order valence-electron chi connectivity index (χ1n) is 9.48. The Morgan fingerprint density at radius 3 is 2.79 bits per heavy atom. The van der Waals surface area contributed by atoms with Crippen LogP contribution in [0.4, 0.5) is 18.9 Å². The molecule has 2 aromatic rings. The van der Waals surface area contributed by atoms with Crippen molar-refractivity contribution >= 4 is 35.0 Å². The molecule has 0 saturated heterocycles. The first-order valence-corrected chi connectivity index (χ1v) is 10.7. The van der Waals surface area contributed by atoms with Gasteiger partial charge in [-0.15, -0.1) is 5.10 Å². The molecule has 1 amide bonds. The molecule has 1 heterocycles. The third-order valence-electron chi connectivity index (χ3n) is 4.97. The molecule has 0 radical (unpaired) electrons. The van der Waals surface area contributed by atoms with Gasteiger partial charge in [-0.2, -0.15) is 13.2 Å². The summed E-state index contributed by atoms with van der Waals surface area (Å²) in [6, 6.07) is 3.27. The number of amides is 1. The molecular formula is C19H22ClF3N4OS. The maximum Gasteiger partial charge on any atom is 0.417 e. The number of aromatic amines is 1. The van der Waals surface area contributed by atoms with E-state index in [2.05, 4.69) is 20.5 Å². The SMILES string of the molecule is C[C@H](Sc1n[nH]c(CCC2CCCC2)n1)C(=O)Nc1ccc(Cl)c(C(F)(F)F)c1. The van der Waals surface area contributed by atoms with Crippen molar-refractivity contribution in [1.29, 1.82) is 0 Å². The summed E-state index contributed by atoms with van der Waals surface area (Å²) in [7, 11) is 0. The van der Waals surface area contributed by atoms with Gasteiger partial charge in [0.2, 0.25) is 11.1 Å². The predicted octanol–water partition coefficient (Wildman–Crippen LogP) is 5.72. The summed E-state index contributed by atoms with van der Waals surface area (Å²) in [5, 5.41) is 8.96. The minimum absolute atomic E-state index is 0.0337. The molecule has 158 valence electrons. The average molecular weight is 447 g/mol. The van der Waals surface area contributed by atoms with E-state index in [9.17, 15) is 18.0 Å². The van der Waals surface area contributed by atoms with E-state index in [-0.39, 0.29) is 5.69 Å². The van der Waals surface area contributed by atoms with Crippen molar-refractivity contribution in [2.24, 2.45) is 5.92 Å². The van der Waals surface area contributed by atoms with E-state index < -0.39 is 27.9 Å². The Balaban J connectivity index is 1.54. The lowest BCUT2D eigenvalue weighted by molar-refractivity contribution is -0.137. The quantitative estimate of drug-likeness (QED) is 0.533. The Morgan fingerprint density at radius 2 is 2.10 bits per heavy atom. The second-order valence-corrected chi connectivity index (χ2v) is 8.91. The highest BCUT2D eigenvalue weighted by atomic mass is 35.5. The Hall–Kier alpha value is -1.74. The molecule has 1 aliphatic rings. The second-order valence-electron chi connectivity index (χ2n) is 7.20. The molecule has 1 saturated carbocycles. The molecule has 1 aliphatic carbocycles. The second kappa shape index (κ2) is 9.38. The number of carbonyl (C=O) groups is 1. The summed E-state index contributed by atoms with van der Waals surface area (Å²) in [5.41, 5.74) is -0.954.